The first-order valence-corrected chi connectivity index (χ1v) is 5.49. The van der Waals surface area contributed by atoms with E-state index in [0.717, 1.165) is 11.4 Å². The van der Waals surface area contributed by atoms with Crippen molar-refractivity contribution in [1.82, 2.24) is 4.98 Å². The Bertz CT molecular complexity index is 572. The van der Waals surface area contributed by atoms with Gasteiger partial charge in [0.1, 0.15) is 11.8 Å². The van der Waals surface area contributed by atoms with Crippen molar-refractivity contribution >= 4 is 11.5 Å². The number of pyridine rings is 1. The predicted octanol–water partition coefficient (Wildman–Crippen LogP) is 2.73. The average Bonchev–Trinajstić information content (AvgIpc) is 2.46. The molecule has 0 N–H and O–H groups in total. The van der Waals surface area contributed by atoms with Gasteiger partial charge in [0.2, 0.25) is 0 Å². The number of nitrogens with zero attached hydrogens (tertiary/aromatic N) is 3. The van der Waals surface area contributed by atoms with Gasteiger partial charge < -0.3 is 9.64 Å². The molecule has 2 rings (SSSR count). The molecule has 18 heavy (non-hydrogen) atoms. The first-order chi connectivity index (χ1) is 8.76. The Hall–Kier alpha value is -2.54. The SMILES string of the molecule is COc1ccc(N(C)c2ncccc2C#N)cc1. The fraction of sp³-hybridized carbons (Fsp3) is 0.143. The lowest BCUT2D eigenvalue weighted by atomic mass is 10.2. The van der Waals surface area contributed by atoms with Crippen LogP contribution in [0.4, 0.5) is 11.5 Å². The lowest BCUT2D eigenvalue weighted by molar-refractivity contribution is 0.415. The van der Waals surface area contributed by atoms with E-state index in [1.807, 2.05) is 36.2 Å². The molecule has 0 aliphatic carbocycles. The minimum absolute atomic E-state index is 0.552. The molecule has 0 radical (unpaired) electrons. The first-order valence-electron chi connectivity index (χ1n) is 5.49. The van der Waals surface area contributed by atoms with Gasteiger partial charge in [-0.15, -0.1) is 0 Å². The summed E-state index contributed by atoms with van der Waals surface area (Å²) >= 11 is 0. The van der Waals surface area contributed by atoms with Gasteiger partial charge in [-0.3, -0.25) is 0 Å². The molecule has 0 saturated heterocycles. The maximum absolute atomic E-state index is 9.06. The minimum Gasteiger partial charge on any atom is -0.497 e. The Morgan fingerprint density at radius 1 is 1.22 bits per heavy atom. The predicted molar refractivity (Wildman–Crippen MR) is 70.0 cm³/mol. The second-order valence-electron chi connectivity index (χ2n) is 3.74. The Morgan fingerprint density at radius 3 is 2.56 bits per heavy atom. The number of anilines is 2. The van der Waals surface area contributed by atoms with Crippen LogP contribution in [0.25, 0.3) is 0 Å². The van der Waals surface area contributed by atoms with Crippen molar-refractivity contribution in [1.29, 1.82) is 5.26 Å². The van der Waals surface area contributed by atoms with Gasteiger partial charge >= 0.3 is 0 Å². The maximum atomic E-state index is 9.06. The van der Waals surface area contributed by atoms with Crippen LogP contribution in [0.3, 0.4) is 0 Å². The third-order valence-corrected chi connectivity index (χ3v) is 2.68. The van der Waals surface area contributed by atoms with Gasteiger partial charge in [0, 0.05) is 18.9 Å². The topological polar surface area (TPSA) is 49.1 Å². The van der Waals surface area contributed by atoms with Crippen LogP contribution in [0, 0.1) is 11.3 Å². The maximum Gasteiger partial charge on any atom is 0.150 e. The molecule has 90 valence electrons. The largest absolute Gasteiger partial charge is 0.497 e. The van der Waals surface area contributed by atoms with E-state index >= 15 is 0 Å². The zero-order valence-corrected chi connectivity index (χ0v) is 10.3. The molecule has 0 amide bonds. The lowest BCUT2D eigenvalue weighted by Crippen LogP contribution is -2.12. The van der Waals surface area contributed by atoms with Crippen molar-refractivity contribution in [2.45, 2.75) is 0 Å². The molecule has 0 spiro atoms. The van der Waals surface area contributed by atoms with Crippen molar-refractivity contribution in [2.75, 3.05) is 19.1 Å². The van der Waals surface area contributed by atoms with Crippen LogP contribution >= 0.6 is 0 Å². The molecule has 4 nitrogen and oxygen atoms in total. The molecule has 0 unspecified atom stereocenters. The molecule has 1 aromatic heterocycles. The van der Waals surface area contributed by atoms with Crippen LogP contribution in [-0.4, -0.2) is 19.1 Å². The fourth-order valence-corrected chi connectivity index (χ4v) is 1.68. The van der Waals surface area contributed by atoms with Crippen LogP contribution < -0.4 is 9.64 Å². The van der Waals surface area contributed by atoms with Crippen molar-refractivity contribution in [3.63, 3.8) is 0 Å². The van der Waals surface area contributed by atoms with Crippen molar-refractivity contribution < 1.29 is 4.74 Å². The van der Waals surface area contributed by atoms with E-state index in [4.69, 9.17) is 10.00 Å². The molecule has 0 bridgehead atoms. The summed E-state index contributed by atoms with van der Waals surface area (Å²) in [5.74, 6) is 1.44. The van der Waals surface area contributed by atoms with Gasteiger partial charge in [0.25, 0.3) is 0 Å². The Morgan fingerprint density at radius 2 is 1.94 bits per heavy atom. The number of hydrogen-bond acceptors (Lipinski definition) is 4. The molecule has 0 aliphatic heterocycles. The number of aromatic nitrogens is 1. The minimum atomic E-state index is 0.552. The van der Waals surface area contributed by atoms with Gasteiger partial charge in [-0.25, -0.2) is 4.98 Å². The van der Waals surface area contributed by atoms with Crippen LogP contribution in [0.15, 0.2) is 42.6 Å². The quantitative estimate of drug-likeness (QED) is 0.826. The third-order valence-electron chi connectivity index (χ3n) is 2.68. The Balaban J connectivity index is 2.35. The smallest absolute Gasteiger partial charge is 0.150 e. The molecule has 2 aromatic rings. The van der Waals surface area contributed by atoms with Gasteiger partial charge in [-0.05, 0) is 36.4 Å². The number of methoxy groups -OCH3 is 1. The van der Waals surface area contributed by atoms with Gasteiger partial charge in [-0.1, -0.05) is 0 Å². The zero-order chi connectivity index (χ0) is 13.0. The van der Waals surface area contributed by atoms with E-state index in [2.05, 4.69) is 11.1 Å². The monoisotopic (exact) mass is 239 g/mol. The summed E-state index contributed by atoms with van der Waals surface area (Å²) in [5.41, 5.74) is 1.50. The molecular weight excluding hydrogens is 226 g/mol. The summed E-state index contributed by atoms with van der Waals surface area (Å²) in [6.07, 6.45) is 1.68. The second kappa shape index (κ2) is 5.19. The summed E-state index contributed by atoms with van der Waals surface area (Å²) in [6, 6.07) is 13.2. The van der Waals surface area contributed by atoms with Crippen LogP contribution in [0.1, 0.15) is 5.56 Å². The van der Waals surface area contributed by atoms with E-state index in [1.54, 1.807) is 25.4 Å². The standard InChI is InChI=1S/C14H13N3O/c1-17(12-5-7-13(18-2)8-6-12)14-11(10-15)4-3-9-16-14/h3-9H,1-2H3. The zero-order valence-electron chi connectivity index (χ0n) is 10.3. The molecule has 4 heteroatoms. The lowest BCUT2D eigenvalue weighted by Gasteiger charge is -2.19. The molecule has 1 heterocycles. The summed E-state index contributed by atoms with van der Waals surface area (Å²) in [4.78, 5) is 6.11. The van der Waals surface area contributed by atoms with Crippen molar-refractivity contribution in [3.8, 4) is 11.8 Å². The molecule has 0 fully saturated rings. The average molecular weight is 239 g/mol. The second-order valence-corrected chi connectivity index (χ2v) is 3.74. The van der Waals surface area contributed by atoms with Crippen LogP contribution in [0.2, 0.25) is 0 Å². The van der Waals surface area contributed by atoms with E-state index in [-0.39, 0.29) is 0 Å². The van der Waals surface area contributed by atoms with Crippen LogP contribution in [-0.2, 0) is 0 Å². The van der Waals surface area contributed by atoms with Gasteiger partial charge in [0.15, 0.2) is 5.82 Å². The molecule has 0 aliphatic rings. The van der Waals surface area contributed by atoms with E-state index < -0.39 is 0 Å². The van der Waals surface area contributed by atoms with Crippen molar-refractivity contribution in [3.05, 3.63) is 48.2 Å². The Labute approximate surface area is 106 Å². The number of rotatable bonds is 3. The normalized spacial score (nSPS) is 9.61. The highest BCUT2D eigenvalue weighted by molar-refractivity contribution is 5.65. The number of hydrogen-bond donors (Lipinski definition) is 0. The molecular formula is C14H13N3O. The third kappa shape index (κ3) is 2.25. The Kier molecular flexibility index (Phi) is 3.44. The highest BCUT2D eigenvalue weighted by atomic mass is 16.5. The van der Waals surface area contributed by atoms with Crippen LogP contribution in [0.5, 0.6) is 5.75 Å². The number of nitriles is 1. The van der Waals surface area contributed by atoms with Crippen molar-refractivity contribution in [2.24, 2.45) is 0 Å². The first kappa shape index (κ1) is 11.9. The number of benzene rings is 1. The highest BCUT2D eigenvalue weighted by Gasteiger charge is 2.09. The number of ether oxygens (including phenoxy) is 1. The molecule has 0 saturated carbocycles. The summed E-state index contributed by atoms with van der Waals surface area (Å²) in [7, 11) is 3.51. The summed E-state index contributed by atoms with van der Waals surface area (Å²) in [5, 5.41) is 9.06. The summed E-state index contributed by atoms with van der Waals surface area (Å²) < 4.78 is 5.11. The van der Waals surface area contributed by atoms with E-state index in [9.17, 15) is 0 Å². The molecule has 0 atom stereocenters. The van der Waals surface area contributed by atoms with E-state index in [1.165, 1.54) is 0 Å². The summed E-state index contributed by atoms with van der Waals surface area (Å²) in [6.45, 7) is 0. The highest BCUT2D eigenvalue weighted by Crippen LogP contribution is 2.25. The molecule has 1 aromatic carbocycles. The fourth-order valence-electron chi connectivity index (χ4n) is 1.68. The van der Waals surface area contributed by atoms with Gasteiger partial charge in [-0.2, -0.15) is 5.26 Å². The van der Waals surface area contributed by atoms with E-state index in [0.29, 0.717) is 11.4 Å². The van der Waals surface area contributed by atoms with Gasteiger partial charge in [0.05, 0.1) is 12.7 Å².